The molecule has 0 saturated heterocycles. The Balaban J connectivity index is 2.53. The van der Waals surface area contributed by atoms with E-state index in [0.29, 0.717) is 13.0 Å². The number of carbonyl (C=O) groups excluding carboxylic acids is 2. The zero-order valence-electron chi connectivity index (χ0n) is 11.2. The van der Waals surface area contributed by atoms with Crippen molar-refractivity contribution < 1.29 is 14.3 Å². The molecule has 0 aromatic heterocycles. The van der Waals surface area contributed by atoms with Gasteiger partial charge in [0.2, 0.25) is 0 Å². The molecule has 0 aliphatic heterocycles. The Kier molecular flexibility index (Phi) is 5.56. The molecule has 0 unspecified atom stereocenters. The van der Waals surface area contributed by atoms with Gasteiger partial charge in [-0.1, -0.05) is 31.2 Å². The van der Waals surface area contributed by atoms with E-state index < -0.39 is 0 Å². The van der Waals surface area contributed by atoms with E-state index in [0.717, 1.165) is 17.5 Å². The first-order chi connectivity index (χ1) is 8.54. The third-order valence-electron chi connectivity index (χ3n) is 2.97. The molecule has 0 fully saturated rings. The van der Waals surface area contributed by atoms with Gasteiger partial charge in [0, 0.05) is 12.0 Å². The molecule has 0 saturated carbocycles. The minimum absolute atomic E-state index is 0.0701. The highest BCUT2D eigenvalue weighted by molar-refractivity contribution is 5.94. The van der Waals surface area contributed by atoms with Crippen LogP contribution < -0.4 is 0 Å². The number of Topliss-reactive ketones (excluding diaryl/α,β-unsaturated/α-hetero) is 1. The normalized spacial score (nSPS) is 11.9. The second kappa shape index (κ2) is 6.94. The van der Waals surface area contributed by atoms with E-state index in [4.69, 9.17) is 4.74 Å². The molecule has 0 heterocycles. The lowest BCUT2D eigenvalue weighted by Crippen LogP contribution is -2.06. The maximum atomic E-state index is 11.3. The minimum atomic E-state index is -0.148. The van der Waals surface area contributed by atoms with Crippen LogP contribution in [0.1, 0.15) is 55.5 Å². The van der Waals surface area contributed by atoms with E-state index in [1.807, 2.05) is 31.2 Å². The first-order valence-electron chi connectivity index (χ1n) is 6.31. The van der Waals surface area contributed by atoms with Crippen LogP contribution in [0.3, 0.4) is 0 Å². The maximum Gasteiger partial charge on any atom is 0.305 e. The predicted molar refractivity (Wildman–Crippen MR) is 70.7 cm³/mol. The Morgan fingerprint density at radius 2 is 1.83 bits per heavy atom. The molecule has 1 atom stereocenters. The molecule has 0 amide bonds. The van der Waals surface area contributed by atoms with Crippen molar-refractivity contribution in [2.24, 2.45) is 0 Å². The van der Waals surface area contributed by atoms with Crippen molar-refractivity contribution >= 4 is 11.8 Å². The lowest BCUT2D eigenvalue weighted by atomic mass is 9.95. The number of ether oxygens (including phenoxy) is 1. The SMILES string of the molecule is CCOC(=O)CC[C@H](C)c1ccc(C(C)=O)cc1. The van der Waals surface area contributed by atoms with Gasteiger partial charge in [0.1, 0.15) is 0 Å². The monoisotopic (exact) mass is 248 g/mol. The van der Waals surface area contributed by atoms with Crippen LogP contribution in [0.4, 0.5) is 0 Å². The number of ketones is 1. The van der Waals surface area contributed by atoms with Crippen molar-refractivity contribution in [3.8, 4) is 0 Å². The fourth-order valence-electron chi connectivity index (χ4n) is 1.78. The highest BCUT2D eigenvalue weighted by atomic mass is 16.5. The summed E-state index contributed by atoms with van der Waals surface area (Å²) in [6, 6.07) is 7.57. The summed E-state index contributed by atoms with van der Waals surface area (Å²) in [4.78, 5) is 22.4. The van der Waals surface area contributed by atoms with Crippen molar-refractivity contribution in [1.29, 1.82) is 0 Å². The molecule has 98 valence electrons. The van der Waals surface area contributed by atoms with E-state index in [-0.39, 0.29) is 17.7 Å². The number of esters is 1. The number of hydrogen-bond donors (Lipinski definition) is 0. The highest BCUT2D eigenvalue weighted by Gasteiger charge is 2.10. The first kappa shape index (κ1) is 14.4. The second-order valence-corrected chi connectivity index (χ2v) is 4.42. The van der Waals surface area contributed by atoms with Crippen LogP contribution in [-0.4, -0.2) is 18.4 Å². The fourth-order valence-corrected chi connectivity index (χ4v) is 1.78. The zero-order chi connectivity index (χ0) is 13.5. The van der Waals surface area contributed by atoms with Crippen LogP contribution in [0, 0.1) is 0 Å². The van der Waals surface area contributed by atoms with Gasteiger partial charge in [-0.3, -0.25) is 9.59 Å². The Hall–Kier alpha value is -1.64. The Labute approximate surface area is 108 Å². The van der Waals surface area contributed by atoms with Gasteiger partial charge in [-0.25, -0.2) is 0 Å². The fraction of sp³-hybridized carbons (Fsp3) is 0.467. The molecule has 3 nitrogen and oxygen atoms in total. The second-order valence-electron chi connectivity index (χ2n) is 4.42. The van der Waals surface area contributed by atoms with Gasteiger partial charge in [0.05, 0.1) is 6.61 Å². The van der Waals surface area contributed by atoms with Crippen LogP contribution in [0.15, 0.2) is 24.3 Å². The summed E-state index contributed by atoms with van der Waals surface area (Å²) in [6.07, 6.45) is 1.20. The molecule has 0 bridgehead atoms. The van der Waals surface area contributed by atoms with Crippen molar-refractivity contribution in [2.45, 2.75) is 39.5 Å². The molecule has 1 rings (SSSR count). The van der Waals surface area contributed by atoms with Gasteiger partial charge in [-0.2, -0.15) is 0 Å². The lowest BCUT2D eigenvalue weighted by Gasteiger charge is -2.11. The quantitative estimate of drug-likeness (QED) is 0.573. The van der Waals surface area contributed by atoms with E-state index >= 15 is 0 Å². The molecule has 3 heteroatoms. The van der Waals surface area contributed by atoms with E-state index in [9.17, 15) is 9.59 Å². The number of benzene rings is 1. The molecular weight excluding hydrogens is 228 g/mol. The molecule has 18 heavy (non-hydrogen) atoms. The van der Waals surface area contributed by atoms with Crippen LogP contribution in [0.5, 0.6) is 0 Å². The molecule has 0 aliphatic carbocycles. The number of hydrogen-bond acceptors (Lipinski definition) is 3. The average molecular weight is 248 g/mol. The Morgan fingerprint density at radius 3 is 2.33 bits per heavy atom. The van der Waals surface area contributed by atoms with Gasteiger partial charge in [0.25, 0.3) is 0 Å². The lowest BCUT2D eigenvalue weighted by molar-refractivity contribution is -0.143. The summed E-state index contributed by atoms with van der Waals surface area (Å²) in [5, 5.41) is 0. The summed E-state index contributed by atoms with van der Waals surface area (Å²) in [6.45, 7) is 5.86. The molecule has 1 aromatic rings. The van der Waals surface area contributed by atoms with Gasteiger partial charge in [-0.15, -0.1) is 0 Å². The predicted octanol–water partition coefficient (Wildman–Crippen LogP) is 3.34. The van der Waals surface area contributed by atoms with Crippen LogP contribution in [0.25, 0.3) is 0 Å². The van der Waals surface area contributed by atoms with Crippen molar-refractivity contribution in [1.82, 2.24) is 0 Å². The Bertz CT molecular complexity index is 406. The molecule has 1 aromatic carbocycles. The smallest absolute Gasteiger partial charge is 0.305 e. The van der Waals surface area contributed by atoms with Crippen LogP contribution in [-0.2, 0) is 9.53 Å². The van der Waals surface area contributed by atoms with Gasteiger partial charge >= 0.3 is 5.97 Å². The zero-order valence-corrected chi connectivity index (χ0v) is 11.2. The van der Waals surface area contributed by atoms with Crippen LogP contribution in [0.2, 0.25) is 0 Å². The van der Waals surface area contributed by atoms with Gasteiger partial charge in [0.15, 0.2) is 5.78 Å². The molecule has 0 spiro atoms. The summed E-state index contributed by atoms with van der Waals surface area (Å²) < 4.78 is 4.90. The number of carbonyl (C=O) groups is 2. The molecule has 0 radical (unpaired) electrons. The third kappa shape index (κ3) is 4.32. The summed E-state index contributed by atoms with van der Waals surface area (Å²) in [7, 11) is 0. The topological polar surface area (TPSA) is 43.4 Å². The first-order valence-corrected chi connectivity index (χ1v) is 6.31. The largest absolute Gasteiger partial charge is 0.466 e. The third-order valence-corrected chi connectivity index (χ3v) is 2.97. The summed E-state index contributed by atoms with van der Waals surface area (Å²) >= 11 is 0. The molecule has 0 aliphatic rings. The molecular formula is C15H20O3. The maximum absolute atomic E-state index is 11.3. The van der Waals surface area contributed by atoms with Crippen molar-refractivity contribution in [3.05, 3.63) is 35.4 Å². The van der Waals surface area contributed by atoms with Crippen LogP contribution >= 0.6 is 0 Å². The Morgan fingerprint density at radius 1 is 1.22 bits per heavy atom. The van der Waals surface area contributed by atoms with Crippen molar-refractivity contribution in [2.75, 3.05) is 6.61 Å². The summed E-state index contributed by atoms with van der Waals surface area (Å²) in [5.74, 6) is 0.209. The van der Waals surface area contributed by atoms with Crippen molar-refractivity contribution in [3.63, 3.8) is 0 Å². The van der Waals surface area contributed by atoms with E-state index in [1.54, 1.807) is 6.92 Å². The minimum Gasteiger partial charge on any atom is -0.466 e. The summed E-state index contributed by atoms with van der Waals surface area (Å²) in [5.41, 5.74) is 1.86. The highest BCUT2D eigenvalue weighted by Crippen LogP contribution is 2.21. The van der Waals surface area contributed by atoms with Gasteiger partial charge in [-0.05, 0) is 31.7 Å². The number of rotatable bonds is 6. The average Bonchev–Trinajstić information content (AvgIpc) is 2.36. The standard InChI is InChI=1S/C15H20O3/c1-4-18-15(17)10-5-11(2)13-6-8-14(9-7-13)12(3)16/h6-9,11H,4-5,10H2,1-3H3/t11-/m0/s1. The van der Waals surface area contributed by atoms with Gasteiger partial charge < -0.3 is 4.74 Å². The van der Waals surface area contributed by atoms with E-state index in [2.05, 4.69) is 6.92 Å². The van der Waals surface area contributed by atoms with E-state index in [1.165, 1.54) is 0 Å². The molecule has 0 N–H and O–H groups in total.